The van der Waals surface area contributed by atoms with Gasteiger partial charge in [0.05, 0.1) is 23.7 Å². The topological polar surface area (TPSA) is 70.7 Å². The summed E-state index contributed by atoms with van der Waals surface area (Å²) in [5.41, 5.74) is 1.04. The van der Waals surface area contributed by atoms with Crippen molar-refractivity contribution in [2.75, 3.05) is 5.32 Å². The molecule has 116 valence electrons. The van der Waals surface area contributed by atoms with E-state index < -0.39 is 11.7 Å². The number of hydrogen-bond acceptors (Lipinski definition) is 3. The molecule has 0 bridgehead atoms. The Morgan fingerprint density at radius 2 is 2.00 bits per heavy atom. The van der Waals surface area contributed by atoms with Crippen LogP contribution in [0.1, 0.15) is 11.1 Å². The molecule has 0 atom stereocenters. The smallest absolute Gasteiger partial charge is 0.310 e. The lowest BCUT2D eigenvalue weighted by atomic mass is 9.95. The van der Waals surface area contributed by atoms with E-state index in [1.807, 2.05) is 0 Å². The van der Waals surface area contributed by atoms with Gasteiger partial charge in [0, 0.05) is 17.1 Å². The van der Waals surface area contributed by atoms with Gasteiger partial charge in [-0.3, -0.25) is 9.89 Å². The lowest BCUT2D eigenvalue weighted by molar-refractivity contribution is -0.137. The third-order valence-corrected chi connectivity index (χ3v) is 3.83. The Hall–Kier alpha value is -2.90. The maximum Gasteiger partial charge on any atom is 0.416 e. The molecule has 0 spiro atoms. The summed E-state index contributed by atoms with van der Waals surface area (Å²) in [5.74, 6) is 0.164. The van der Waals surface area contributed by atoms with Gasteiger partial charge in [-0.2, -0.15) is 18.3 Å². The highest BCUT2D eigenvalue weighted by molar-refractivity contribution is 6.03. The molecule has 0 aliphatic carbocycles. The molecule has 3 heterocycles. The summed E-state index contributed by atoms with van der Waals surface area (Å²) in [6, 6.07) is 3.72. The van der Waals surface area contributed by atoms with E-state index in [4.69, 9.17) is 0 Å². The molecule has 1 aliphatic heterocycles. The number of anilines is 1. The van der Waals surface area contributed by atoms with Crippen LogP contribution in [0, 0.1) is 0 Å². The summed E-state index contributed by atoms with van der Waals surface area (Å²) in [6.07, 6.45) is -1.44. The van der Waals surface area contributed by atoms with Crippen molar-refractivity contribution in [3.8, 4) is 11.1 Å². The summed E-state index contributed by atoms with van der Waals surface area (Å²) in [6.45, 7) is 0. The molecule has 5 nitrogen and oxygen atoms in total. The van der Waals surface area contributed by atoms with Crippen LogP contribution in [0.25, 0.3) is 22.0 Å². The van der Waals surface area contributed by atoms with Crippen molar-refractivity contribution in [3.05, 3.63) is 41.7 Å². The van der Waals surface area contributed by atoms with E-state index in [-0.39, 0.29) is 17.8 Å². The van der Waals surface area contributed by atoms with Crippen molar-refractivity contribution in [2.24, 2.45) is 0 Å². The number of aromatic nitrogens is 3. The van der Waals surface area contributed by atoms with Crippen LogP contribution < -0.4 is 5.32 Å². The number of H-pyrrole nitrogens is 1. The molecule has 0 unspecified atom stereocenters. The molecule has 1 aromatic carbocycles. The van der Waals surface area contributed by atoms with Gasteiger partial charge in [0.1, 0.15) is 5.82 Å². The highest BCUT2D eigenvalue weighted by Gasteiger charge is 2.32. The zero-order chi connectivity index (χ0) is 16.2. The number of alkyl halides is 3. The Bertz CT molecular complexity index is 946. The largest absolute Gasteiger partial charge is 0.416 e. The molecule has 8 heteroatoms. The first-order chi connectivity index (χ1) is 10.9. The molecule has 0 fully saturated rings. The Balaban J connectivity index is 2.02. The molecule has 0 radical (unpaired) electrons. The average molecular weight is 318 g/mol. The van der Waals surface area contributed by atoms with E-state index in [2.05, 4.69) is 20.5 Å². The lowest BCUT2D eigenvalue weighted by Crippen LogP contribution is -2.05. The van der Waals surface area contributed by atoms with Gasteiger partial charge in [0.2, 0.25) is 5.91 Å². The van der Waals surface area contributed by atoms with Crippen molar-refractivity contribution in [1.82, 2.24) is 15.2 Å². The first-order valence-corrected chi connectivity index (χ1v) is 6.76. The van der Waals surface area contributed by atoms with Crippen LogP contribution in [0.4, 0.5) is 19.0 Å². The number of amides is 1. The Labute approximate surface area is 127 Å². The van der Waals surface area contributed by atoms with Crippen LogP contribution in [0.2, 0.25) is 0 Å². The summed E-state index contributed by atoms with van der Waals surface area (Å²) in [4.78, 5) is 15.6. The van der Waals surface area contributed by atoms with Crippen molar-refractivity contribution >= 4 is 22.6 Å². The zero-order valence-electron chi connectivity index (χ0n) is 11.5. The van der Waals surface area contributed by atoms with Crippen LogP contribution in [-0.2, 0) is 17.4 Å². The van der Waals surface area contributed by atoms with Gasteiger partial charge in [0.25, 0.3) is 0 Å². The Morgan fingerprint density at radius 1 is 1.17 bits per heavy atom. The normalized spacial score (nSPS) is 14.1. The number of nitrogens with one attached hydrogen (secondary N) is 2. The van der Waals surface area contributed by atoms with Crippen molar-refractivity contribution < 1.29 is 18.0 Å². The molecule has 4 rings (SSSR count). The highest BCUT2D eigenvalue weighted by Crippen LogP contribution is 2.39. The molecule has 0 saturated heterocycles. The maximum absolute atomic E-state index is 13.1. The fraction of sp³-hybridized carbons (Fsp3) is 0.133. The first kappa shape index (κ1) is 13.7. The molecule has 23 heavy (non-hydrogen) atoms. The zero-order valence-corrected chi connectivity index (χ0v) is 11.5. The van der Waals surface area contributed by atoms with E-state index in [1.54, 1.807) is 6.07 Å². The summed E-state index contributed by atoms with van der Waals surface area (Å²) >= 11 is 0. The number of carbonyl (C=O) groups excluding carboxylic acids is 1. The molecule has 1 amide bonds. The molecular formula is C15H9F3N4O. The minimum Gasteiger partial charge on any atom is -0.310 e. The number of nitrogens with zero attached hydrogens (tertiary/aromatic N) is 2. The van der Waals surface area contributed by atoms with Crippen LogP contribution in [0.15, 0.2) is 30.6 Å². The quantitative estimate of drug-likeness (QED) is 0.724. The van der Waals surface area contributed by atoms with Crippen LogP contribution in [-0.4, -0.2) is 21.1 Å². The number of aromatic amines is 1. The predicted molar refractivity (Wildman–Crippen MR) is 76.7 cm³/mol. The number of hydrogen-bond donors (Lipinski definition) is 2. The standard InChI is InChI=1S/C15H9F3N4O/c16-15(17,18)7-3-9(11-6-20-22-12(11)4-7)8-1-2-19-14-10(8)5-13(23)21-14/h1-4,6H,5H2,(H,20,22)(H,19,21,23). The summed E-state index contributed by atoms with van der Waals surface area (Å²) < 4.78 is 39.4. The SMILES string of the molecule is O=C1Cc2c(-c3cc(C(F)(F)F)cc4[nH]ncc34)ccnc2N1. The van der Waals surface area contributed by atoms with Crippen molar-refractivity contribution in [3.63, 3.8) is 0 Å². The number of rotatable bonds is 1. The highest BCUT2D eigenvalue weighted by atomic mass is 19.4. The number of halogens is 3. The van der Waals surface area contributed by atoms with Gasteiger partial charge in [-0.25, -0.2) is 4.98 Å². The van der Waals surface area contributed by atoms with Gasteiger partial charge in [-0.05, 0) is 29.3 Å². The maximum atomic E-state index is 13.1. The molecule has 0 saturated carbocycles. The fourth-order valence-corrected chi connectivity index (χ4v) is 2.81. The van der Waals surface area contributed by atoms with Crippen molar-refractivity contribution in [1.29, 1.82) is 0 Å². The Kier molecular flexibility index (Phi) is 2.72. The molecule has 1 aliphatic rings. The molecule has 2 aromatic heterocycles. The second-order valence-electron chi connectivity index (χ2n) is 5.26. The average Bonchev–Trinajstić information content (AvgIpc) is 3.09. The monoisotopic (exact) mass is 318 g/mol. The van der Waals surface area contributed by atoms with E-state index in [1.165, 1.54) is 12.4 Å². The Morgan fingerprint density at radius 3 is 2.78 bits per heavy atom. The second-order valence-corrected chi connectivity index (χ2v) is 5.26. The van der Waals surface area contributed by atoms with E-state index in [0.29, 0.717) is 27.9 Å². The van der Waals surface area contributed by atoms with Crippen LogP contribution >= 0.6 is 0 Å². The molecular weight excluding hydrogens is 309 g/mol. The van der Waals surface area contributed by atoms with Crippen LogP contribution in [0.5, 0.6) is 0 Å². The lowest BCUT2D eigenvalue weighted by Gasteiger charge is -2.12. The van der Waals surface area contributed by atoms with Gasteiger partial charge in [-0.15, -0.1) is 0 Å². The fourth-order valence-electron chi connectivity index (χ4n) is 2.81. The third kappa shape index (κ3) is 2.14. The second kappa shape index (κ2) is 4.55. The number of fused-ring (bicyclic) bond motifs is 2. The number of carbonyl (C=O) groups is 1. The van der Waals surface area contributed by atoms with Gasteiger partial charge >= 0.3 is 6.18 Å². The number of benzene rings is 1. The number of pyridine rings is 1. The minimum absolute atomic E-state index is 0.0914. The van der Waals surface area contributed by atoms with E-state index in [9.17, 15) is 18.0 Å². The molecule has 3 aromatic rings. The van der Waals surface area contributed by atoms with Gasteiger partial charge in [-0.1, -0.05) is 0 Å². The minimum atomic E-state index is -4.47. The summed E-state index contributed by atoms with van der Waals surface area (Å²) in [5, 5.41) is 9.56. The summed E-state index contributed by atoms with van der Waals surface area (Å²) in [7, 11) is 0. The van der Waals surface area contributed by atoms with Crippen molar-refractivity contribution in [2.45, 2.75) is 12.6 Å². The third-order valence-electron chi connectivity index (χ3n) is 3.83. The molecule has 2 N–H and O–H groups in total. The van der Waals surface area contributed by atoms with Gasteiger partial charge in [0.15, 0.2) is 0 Å². The van der Waals surface area contributed by atoms with Gasteiger partial charge < -0.3 is 5.32 Å². The predicted octanol–water partition coefficient (Wildman–Crippen LogP) is 3.14. The van der Waals surface area contributed by atoms with E-state index in [0.717, 1.165) is 12.1 Å². The van der Waals surface area contributed by atoms with E-state index >= 15 is 0 Å². The first-order valence-electron chi connectivity index (χ1n) is 6.76. The van der Waals surface area contributed by atoms with Crippen LogP contribution in [0.3, 0.4) is 0 Å².